The van der Waals surface area contributed by atoms with Crippen molar-refractivity contribution in [3.63, 3.8) is 0 Å². The SMILES string of the molecule is COc1ccc(C(O)CNCCN(C)C2CC2)cc1. The summed E-state index contributed by atoms with van der Waals surface area (Å²) in [5, 5.41) is 13.4. The van der Waals surface area contributed by atoms with E-state index in [1.807, 2.05) is 24.3 Å². The summed E-state index contributed by atoms with van der Waals surface area (Å²) in [4.78, 5) is 2.38. The van der Waals surface area contributed by atoms with Gasteiger partial charge in [0.2, 0.25) is 0 Å². The van der Waals surface area contributed by atoms with Crippen molar-refractivity contribution >= 4 is 0 Å². The number of nitrogens with one attached hydrogen (secondary N) is 1. The van der Waals surface area contributed by atoms with E-state index in [4.69, 9.17) is 4.74 Å². The molecule has 0 aliphatic heterocycles. The molecule has 106 valence electrons. The van der Waals surface area contributed by atoms with Crippen molar-refractivity contribution < 1.29 is 9.84 Å². The molecule has 0 radical (unpaired) electrons. The van der Waals surface area contributed by atoms with E-state index in [2.05, 4.69) is 17.3 Å². The Morgan fingerprint density at radius 1 is 1.37 bits per heavy atom. The predicted octanol–water partition coefficient (Wildman–Crippen LogP) is 1.41. The first-order valence-electron chi connectivity index (χ1n) is 6.93. The van der Waals surface area contributed by atoms with E-state index in [1.54, 1.807) is 7.11 Å². The molecule has 19 heavy (non-hydrogen) atoms. The van der Waals surface area contributed by atoms with Gasteiger partial charge >= 0.3 is 0 Å². The highest BCUT2D eigenvalue weighted by Crippen LogP contribution is 2.24. The lowest BCUT2D eigenvalue weighted by Crippen LogP contribution is -2.32. The highest BCUT2D eigenvalue weighted by molar-refractivity contribution is 5.28. The molecule has 1 fully saturated rings. The van der Waals surface area contributed by atoms with Crippen LogP contribution in [-0.2, 0) is 0 Å². The number of likely N-dealkylation sites (N-methyl/N-ethyl adjacent to an activating group) is 1. The zero-order valence-electron chi connectivity index (χ0n) is 11.8. The van der Waals surface area contributed by atoms with E-state index in [1.165, 1.54) is 12.8 Å². The largest absolute Gasteiger partial charge is 0.497 e. The number of nitrogens with zero attached hydrogens (tertiary/aromatic N) is 1. The number of aliphatic hydroxyl groups excluding tert-OH is 1. The fourth-order valence-electron chi connectivity index (χ4n) is 2.14. The first kappa shape index (κ1) is 14.3. The van der Waals surface area contributed by atoms with Crippen molar-refractivity contribution in [3.8, 4) is 5.75 Å². The summed E-state index contributed by atoms with van der Waals surface area (Å²) < 4.78 is 5.10. The Kier molecular flexibility index (Phi) is 5.19. The molecule has 1 aliphatic rings. The van der Waals surface area contributed by atoms with Crippen LogP contribution in [0, 0.1) is 0 Å². The van der Waals surface area contributed by atoms with Crippen LogP contribution in [0.4, 0.5) is 0 Å². The molecule has 2 rings (SSSR count). The monoisotopic (exact) mass is 264 g/mol. The molecule has 1 saturated carbocycles. The molecule has 1 unspecified atom stereocenters. The number of rotatable bonds is 8. The predicted molar refractivity (Wildman–Crippen MR) is 76.5 cm³/mol. The Hall–Kier alpha value is -1.10. The average molecular weight is 264 g/mol. The molecule has 1 aromatic carbocycles. The van der Waals surface area contributed by atoms with Gasteiger partial charge in [-0.05, 0) is 37.6 Å². The van der Waals surface area contributed by atoms with Crippen LogP contribution in [0.1, 0.15) is 24.5 Å². The second-order valence-electron chi connectivity index (χ2n) is 5.20. The minimum atomic E-state index is -0.461. The van der Waals surface area contributed by atoms with Crippen molar-refractivity contribution in [2.45, 2.75) is 25.0 Å². The zero-order valence-corrected chi connectivity index (χ0v) is 11.8. The van der Waals surface area contributed by atoms with E-state index in [0.717, 1.165) is 30.4 Å². The summed E-state index contributed by atoms with van der Waals surface area (Å²) in [5.41, 5.74) is 0.920. The van der Waals surface area contributed by atoms with Crippen molar-refractivity contribution in [1.82, 2.24) is 10.2 Å². The Morgan fingerprint density at radius 3 is 2.63 bits per heavy atom. The van der Waals surface area contributed by atoms with Gasteiger partial charge in [-0.15, -0.1) is 0 Å². The molecule has 4 heteroatoms. The maximum Gasteiger partial charge on any atom is 0.118 e. The van der Waals surface area contributed by atoms with E-state index in [9.17, 15) is 5.11 Å². The van der Waals surface area contributed by atoms with E-state index in [0.29, 0.717) is 6.54 Å². The van der Waals surface area contributed by atoms with Crippen LogP contribution in [0.5, 0.6) is 5.75 Å². The molecule has 0 aromatic heterocycles. The second kappa shape index (κ2) is 6.89. The van der Waals surface area contributed by atoms with Gasteiger partial charge in [-0.1, -0.05) is 12.1 Å². The van der Waals surface area contributed by atoms with Crippen LogP contribution < -0.4 is 10.1 Å². The minimum absolute atomic E-state index is 0.461. The normalized spacial score (nSPS) is 16.6. The number of hydrogen-bond acceptors (Lipinski definition) is 4. The van der Waals surface area contributed by atoms with Gasteiger partial charge in [0.05, 0.1) is 13.2 Å². The van der Waals surface area contributed by atoms with Crippen LogP contribution in [0.2, 0.25) is 0 Å². The van der Waals surface area contributed by atoms with Crippen molar-refractivity contribution in [3.05, 3.63) is 29.8 Å². The first-order valence-corrected chi connectivity index (χ1v) is 6.93. The Morgan fingerprint density at radius 2 is 2.05 bits per heavy atom. The summed E-state index contributed by atoms with van der Waals surface area (Å²) in [7, 11) is 3.81. The molecule has 0 bridgehead atoms. The smallest absolute Gasteiger partial charge is 0.118 e. The number of methoxy groups -OCH3 is 1. The fraction of sp³-hybridized carbons (Fsp3) is 0.600. The third kappa shape index (κ3) is 4.49. The van der Waals surface area contributed by atoms with Crippen molar-refractivity contribution in [2.75, 3.05) is 33.8 Å². The standard InChI is InChI=1S/C15H24N2O2/c1-17(13-5-6-13)10-9-16-11-15(18)12-3-7-14(19-2)8-4-12/h3-4,7-8,13,15-16,18H,5-6,9-11H2,1-2H3. The lowest BCUT2D eigenvalue weighted by molar-refractivity contribution is 0.172. The molecule has 1 aliphatic carbocycles. The van der Waals surface area contributed by atoms with Crippen LogP contribution in [-0.4, -0.2) is 49.8 Å². The lowest BCUT2D eigenvalue weighted by Gasteiger charge is -2.17. The molecule has 1 aromatic rings. The van der Waals surface area contributed by atoms with Gasteiger partial charge in [0.25, 0.3) is 0 Å². The van der Waals surface area contributed by atoms with Gasteiger partial charge in [-0.2, -0.15) is 0 Å². The van der Waals surface area contributed by atoms with Gasteiger partial charge in [0, 0.05) is 25.7 Å². The van der Waals surface area contributed by atoms with Crippen LogP contribution in [0.15, 0.2) is 24.3 Å². The second-order valence-corrected chi connectivity index (χ2v) is 5.20. The summed E-state index contributed by atoms with van der Waals surface area (Å²) in [5.74, 6) is 0.815. The third-order valence-corrected chi connectivity index (χ3v) is 3.65. The van der Waals surface area contributed by atoms with Gasteiger partial charge in [0.15, 0.2) is 0 Å². The highest BCUT2D eigenvalue weighted by atomic mass is 16.5. The van der Waals surface area contributed by atoms with Gasteiger partial charge < -0.3 is 20.1 Å². The minimum Gasteiger partial charge on any atom is -0.497 e. The number of hydrogen-bond donors (Lipinski definition) is 2. The van der Waals surface area contributed by atoms with Gasteiger partial charge in [0.1, 0.15) is 5.75 Å². The van der Waals surface area contributed by atoms with Crippen molar-refractivity contribution in [1.29, 1.82) is 0 Å². The topological polar surface area (TPSA) is 44.7 Å². The lowest BCUT2D eigenvalue weighted by atomic mass is 10.1. The maximum absolute atomic E-state index is 10.1. The Bertz CT molecular complexity index is 376. The molecule has 0 amide bonds. The van der Waals surface area contributed by atoms with Crippen LogP contribution >= 0.6 is 0 Å². The summed E-state index contributed by atoms with van der Waals surface area (Å²) in [6.45, 7) is 2.55. The van der Waals surface area contributed by atoms with Crippen LogP contribution in [0.25, 0.3) is 0 Å². The maximum atomic E-state index is 10.1. The zero-order chi connectivity index (χ0) is 13.7. The Labute approximate surface area is 115 Å². The molecule has 0 saturated heterocycles. The molecule has 0 heterocycles. The number of ether oxygens (including phenoxy) is 1. The third-order valence-electron chi connectivity index (χ3n) is 3.65. The quantitative estimate of drug-likeness (QED) is 0.697. The highest BCUT2D eigenvalue weighted by Gasteiger charge is 2.25. The van der Waals surface area contributed by atoms with Crippen LogP contribution in [0.3, 0.4) is 0 Å². The molecule has 4 nitrogen and oxygen atoms in total. The van der Waals surface area contributed by atoms with E-state index in [-0.39, 0.29) is 0 Å². The summed E-state index contributed by atoms with van der Waals surface area (Å²) in [6.07, 6.45) is 2.22. The number of aliphatic hydroxyl groups is 1. The summed E-state index contributed by atoms with van der Waals surface area (Å²) in [6, 6.07) is 8.36. The van der Waals surface area contributed by atoms with Gasteiger partial charge in [-0.25, -0.2) is 0 Å². The van der Waals surface area contributed by atoms with E-state index >= 15 is 0 Å². The number of benzene rings is 1. The van der Waals surface area contributed by atoms with Crippen molar-refractivity contribution in [2.24, 2.45) is 0 Å². The molecular formula is C15H24N2O2. The Balaban J connectivity index is 1.66. The first-order chi connectivity index (χ1) is 9.20. The van der Waals surface area contributed by atoms with Gasteiger partial charge in [-0.3, -0.25) is 0 Å². The molecular weight excluding hydrogens is 240 g/mol. The van der Waals surface area contributed by atoms with E-state index < -0.39 is 6.10 Å². The fourth-order valence-corrected chi connectivity index (χ4v) is 2.14. The molecule has 2 N–H and O–H groups in total. The molecule has 1 atom stereocenters. The average Bonchev–Trinajstić information content (AvgIpc) is 3.27. The molecule has 0 spiro atoms. The summed E-state index contributed by atoms with van der Waals surface area (Å²) >= 11 is 0.